The van der Waals surface area contributed by atoms with E-state index in [4.69, 9.17) is 21.4 Å². The molecule has 0 fully saturated rings. The van der Waals surface area contributed by atoms with Crippen LogP contribution in [0.25, 0.3) is 0 Å². The number of hydrogen-bond acceptors (Lipinski definition) is 7. The maximum absolute atomic E-state index is 11.7. The van der Waals surface area contributed by atoms with Crippen LogP contribution in [0.15, 0.2) is 35.3 Å². The maximum atomic E-state index is 11.7. The van der Waals surface area contributed by atoms with Gasteiger partial charge >= 0.3 is 0 Å². The number of hydrazone groups is 1. The number of hydrogen-bond donors (Lipinski definition) is 3. The zero-order chi connectivity index (χ0) is 17.4. The molecule has 9 nitrogen and oxygen atoms in total. The number of nitro benzene ring substituents is 1. The molecule has 1 aromatic carbocycles. The van der Waals surface area contributed by atoms with Crippen LogP contribution in [-0.4, -0.2) is 28.4 Å². The molecule has 0 aliphatic heterocycles. The molecular weight excluding hydrogens is 328 g/mol. The van der Waals surface area contributed by atoms with Gasteiger partial charge in [-0.1, -0.05) is 11.6 Å². The number of amidine groups is 1. The molecule has 0 atom stereocenters. The van der Waals surface area contributed by atoms with Gasteiger partial charge in [0.15, 0.2) is 0 Å². The Labute approximate surface area is 136 Å². The van der Waals surface area contributed by atoms with Crippen LogP contribution in [0.2, 0.25) is 5.02 Å². The molecule has 0 spiro atoms. The molecule has 0 bridgehead atoms. The number of rotatable bonds is 6. The minimum Gasteiger partial charge on any atom is -0.512 e. The Kier molecular flexibility index (Phi) is 6.81. The molecular formula is C13H15ClN4O5. The van der Waals surface area contributed by atoms with Crippen LogP contribution in [0.4, 0.5) is 11.4 Å². The number of aliphatic hydroxyl groups excluding tert-OH is 1. The standard InChI is InChI=1S/C13H15ClN4O5/c1-3-23-12(7-19)13(20)15-8(2)16-17-10-6-9(14)4-5-11(10)18(21)22/h4-7,17,19H,3H2,1-2H3,(H,15,16,20). The summed E-state index contributed by atoms with van der Waals surface area (Å²) in [5.74, 6) is -0.892. The molecule has 1 aromatic rings. The topological polar surface area (TPSA) is 126 Å². The van der Waals surface area contributed by atoms with Crippen molar-refractivity contribution in [2.45, 2.75) is 13.8 Å². The van der Waals surface area contributed by atoms with Gasteiger partial charge in [0.05, 0.1) is 11.5 Å². The summed E-state index contributed by atoms with van der Waals surface area (Å²) in [5.41, 5.74) is 2.30. The third kappa shape index (κ3) is 5.47. The first-order valence-corrected chi connectivity index (χ1v) is 6.79. The van der Waals surface area contributed by atoms with E-state index in [0.717, 1.165) is 0 Å². The van der Waals surface area contributed by atoms with Crippen molar-refractivity contribution >= 4 is 34.7 Å². The highest BCUT2D eigenvalue weighted by molar-refractivity contribution is 6.31. The molecule has 1 rings (SSSR count). The minimum atomic E-state index is -0.710. The lowest BCUT2D eigenvalue weighted by atomic mass is 10.3. The van der Waals surface area contributed by atoms with Gasteiger partial charge in [0.1, 0.15) is 17.8 Å². The number of anilines is 1. The first kappa shape index (κ1) is 18.2. The van der Waals surface area contributed by atoms with Crippen LogP contribution in [0.1, 0.15) is 13.8 Å². The van der Waals surface area contributed by atoms with Crippen molar-refractivity contribution in [2.24, 2.45) is 5.10 Å². The van der Waals surface area contributed by atoms with Gasteiger partial charge in [-0.3, -0.25) is 20.3 Å². The number of carbonyl (C=O) groups excluding carboxylic acids is 1. The molecule has 0 aliphatic carbocycles. The SMILES string of the molecule is CCOC(=CO)C(=O)N/C(C)=N\Nc1cc(Cl)ccc1[N+](=O)[O-]. The largest absolute Gasteiger partial charge is 0.512 e. The van der Waals surface area contributed by atoms with Crippen molar-refractivity contribution < 1.29 is 19.6 Å². The fourth-order valence-electron chi connectivity index (χ4n) is 1.47. The number of nitro groups is 1. The van der Waals surface area contributed by atoms with Crippen LogP contribution < -0.4 is 10.7 Å². The highest BCUT2D eigenvalue weighted by Gasteiger charge is 2.14. The van der Waals surface area contributed by atoms with E-state index < -0.39 is 10.8 Å². The highest BCUT2D eigenvalue weighted by atomic mass is 35.5. The molecule has 0 unspecified atom stereocenters. The number of nitrogens with one attached hydrogen (secondary N) is 2. The first-order valence-electron chi connectivity index (χ1n) is 6.41. The lowest BCUT2D eigenvalue weighted by Gasteiger charge is -2.08. The molecule has 3 N–H and O–H groups in total. The fourth-order valence-corrected chi connectivity index (χ4v) is 1.64. The van der Waals surface area contributed by atoms with Crippen LogP contribution in [0, 0.1) is 10.1 Å². The number of ether oxygens (including phenoxy) is 1. The second kappa shape index (κ2) is 8.59. The van der Waals surface area contributed by atoms with Gasteiger partial charge in [-0.2, -0.15) is 5.10 Å². The summed E-state index contributed by atoms with van der Waals surface area (Å²) in [6.45, 7) is 3.29. The fraction of sp³-hybridized carbons (Fsp3) is 0.231. The predicted octanol–water partition coefficient (Wildman–Crippen LogP) is 2.55. The van der Waals surface area contributed by atoms with E-state index in [0.29, 0.717) is 6.26 Å². The number of nitrogens with zero attached hydrogens (tertiary/aromatic N) is 2. The minimum absolute atomic E-state index is 0.0684. The second-order valence-electron chi connectivity index (χ2n) is 4.11. The Morgan fingerprint density at radius 1 is 1.57 bits per heavy atom. The Hall–Kier alpha value is -2.81. The summed E-state index contributed by atoms with van der Waals surface area (Å²) >= 11 is 5.78. The van der Waals surface area contributed by atoms with Crippen LogP contribution in [0.5, 0.6) is 0 Å². The van der Waals surface area contributed by atoms with E-state index >= 15 is 0 Å². The number of benzene rings is 1. The molecule has 0 radical (unpaired) electrons. The monoisotopic (exact) mass is 342 g/mol. The summed E-state index contributed by atoms with van der Waals surface area (Å²) in [6, 6.07) is 3.94. The van der Waals surface area contributed by atoms with Crippen molar-refractivity contribution in [3.63, 3.8) is 0 Å². The third-order valence-corrected chi connectivity index (χ3v) is 2.67. The quantitative estimate of drug-likeness (QED) is 0.182. The Bertz CT molecular complexity index is 660. The molecule has 1 amide bonds. The average molecular weight is 343 g/mol. The smallest absolute Gasteiger partial charge is 0.294 e. The number of aliphatic hydroxyl groups is 1. The number of amides is 1. The summed E-state index contributed by atoms with van der Waals surface area (Å²) in [6.07, 6.45) is 0.529. The summed E-state index contributed by atoms with van der Waals surface area (Å²) in [5, 5.41) is 26.2. The second-order valence-corrected chi connectivity index (χ2v) is 4.54. The summed E-state index contributed by atoms with van der Waals surface area (Å²) in [4.78, 5) is 22.0. The zero-order valence-corrected chi connectivity index (χ0v) is 13.1. The third-order valence-electron chi connectivity index (χ3n) is 2.43. The molecule has 0 aliphatic rings. The normalized spacial score (nSPS) is 11.8. The van der Waals surface area contributed by atoms with Gasteiger partial charge in [0, 0.05) is 11.1 Å². The van der Waals surface area contributed by atoms with Gasteiger partial charge in [0.25, 0.3) is 11.6 Å². The van der Waals surface area contributed by atoms with E-state index in [-0.39, 0.29) is 34.6 Å². The van der Waals surface area contributed by atoms with Crippen LogP contribution in [-0.2, 0) is 9.53 Å². The Morgan fingerprint density at radius 2 is 2.26 bits per heavy atom. The van der Waals surface area contributed by atoms with Crippen LogP contribution in [0.3, 0.4) is 0 Å². The highest BCUT2D eigenvalue weighted by Crippen LogP contribution is 2.27. The lowest BCUT2D eigenvalue weighted by molar-refractivity contribution is -0.384. The van der Waals surface area contributed by atoms with Crippen molar-refractivity contribution in [2.75, 3.05) is 12.0 Å². The lowest BCUT2D eigenvalue weighted by Crippen LogP contribution is -2.31. The van der Waals surface area contributed by atoms with Crippen molar-refractivity contribution in [3.05, 3.63) is 45.4 Å². The van der Waals surface area contributed by atoms with E-state index in [1.807, 2.05) is 0 Å². The molecule has 0 saturated carbocycles. The van der Waals surface area contributed by atoms with E-state index in [1.165, 1.54) is 25.1 Å². The maximum Gasteiger partial charge on any atom is 0.294 e. The van der Waals surface area contributed by atoms with Crippen LogP contribution >= 0.6 is 11.6 Å². The molecule has 124 valence electrons. The van der Waals surface area contributed by atoms with Gasteiger partial charge in [-0.15, -0.1) is 0 Å². The van der Waals surface area contributed by atoms with Gasteiger partial charge in [-0.25, -0.2) is 0 Å². The van der Waals surface area contributed by atoms with Gasteiger partial charge < -0.3 is 15.2 Å². The van der Waals surface area contributed by atoms with Gasteiger partial charge in [-0.05, 0) is 26.0 Å². The molecule has 0 saturated heterocycles. The van der Waals surface area contributed by atoms with Crippen molar-refractivity contribution in [1.29, 1.82) is 0 Å². The summed E-state index contributed by atoms with van der Waals surface area (Å²) < 4.78 is 4.90. The van der Waals surface area contributed by atoms with E-state index in [2.05, 4.69) is 15.8 Å². The van der Waals surface area contributed by atoms with Crippen molar-refractivity contribution in [1.82, 2.24) is 5.32 Å². The molecule has 23 heavy (non-hydrogen) atoms. The zero-order valence-electron chi connectivity index (χ0n) is 12.4. The first-order chi connectivity index (χ1) is 10.9. The number of carbonyl (C=O) groups is 1. The van der Waals surface area contributed by atoms with E-state index in [9.17, 15) is 14.9 Å². The van der Waals surface area contributed by atoms with Crippen molar-refractivity contribution in [3.8, 4) is 0 Å². The molecule has 0 aromatic heterocycles. The Morgan fingerprint density at radius 3 is 2.83 bits per heavy atom. The number of halogens is 1. The summed E-state index contributed by atoms with van der Waals surface area (Å²) in [7, 11) is 0. The molecule has 0 heterocycles. The Balaban J connectivity index is 2.83. The predicted molar refractivity (Wildman–Crippen MR) is 85.3 cm³/mol. The average Bonchev–Trinajstić information content (AvgIpc) is 2.50. The molecule has 10 heteroatoms. The van der Waals surface area contributed by atoms with E-state index in [1.54, 1.807) is 6.92 Å². The van der Waals surface area contributed by atoms with Gasteiger partial charge in [0.2, 0.25) is 5.76 Å².